The SMILES string of the molecule is Cc1ccc(F)c2c1OC(CCCN1CC=C(c3ccc(F)cc3)CC1)NC2=O. The van der Waals surface area contributed by atoms with E-state index in [0.29, 0.717) is 12.2 Å². The van der Waals surface area contributed by atoms with Crippen LogP contribution in [0.2, 0.25) is 0 Å². The monoisotopic (exact) mass is 398 g/mol. The van der Waals surface area contributed by atoms with Gasteiger partial charge in [-0.15, -0.1) is 0 Å². The van der Waals surface area contributed by atoms with E-state index in [1.807, 2.05) is 19.1 Å². The second kappa shape index (κ2) is 8.33. The minimum Gasteiger partial charge on any atom is -0.469 e. The van der Waals surface area contributed by atoms with E-state index in [9.17, 15) is 13.6 Å². The molecular formula is C23H24F2N2O2. The number of halogens is 2. The van der Waals surface area contributed by atoms with E-state index in [2.05, 4.69) is 16.3 Å². The molecule has 152 valence electrons. The number of hydrogen-bond acceptors (Lipinski definition) is 3. The van der Waals surface area contributed by atoms with Crippen molar-refractivity contribution in [2.24, 2.45) is 0 Å². The number of rotatable bonds is 5. The Morgan fingerprint density at radius 2 is 1.97 bits per heavy atom. The maximum absolute atomic E-state index is 13.9. The topological polar surface area (TPSA) is 41.6 Å². The van der Waals surface area contributed by atoms with Crippen LogP contribution in [-0.2, 0) is 0 Å². The first-order valence-corrected chi connectivity index (χ1v) is 9.95. The van der Waals surface area contributed by atoms with Crippen LogP contribution < -0.4 is 10.1 Å². The maximum atomic E-state index is 13.9. The Bertz CT molecular complexity index is 941. The van der Waals surface area contributed by atoms with Gasteiger partial charge in [0, 0.05) is 19.5 Å². The second-order valence-electron chi connectivity index (χ2n) is 7.58. The molecule has 2 aliphatic rings. The number of ether oxygens (including phenoxy) is 1. The predicted molar refractivity (Wildman–Crippen MR) is 108 cm³/mol. The molecule has 1 atom stereocenters. The van der Waals surface area contributed by atoms with Crippen molar-refractivity contribution in [2.45, 2.75) is 32.4 Å². The van der Waals surface area contributed by atoms with Gasteiger partial charge in [-0.1, -0.05) is 24.3 Å². The Morgan fingerprint density at radius 3 is 2.69 bits per heavy atom. The zero-order chi connectivity index (χ0) is 20.4. The van der Waals surface area contributed by atoms with Gasteiger partial charge < -0.3 is 10.1 Å². The Hall–Kier alpha value is -2.73. The van der Waals surface area contributed by atoms with Crippen molar-refractivity contribution >= 4 is 11.5 Å². The van der Waals surface area contributed by atoms with Crippen LogP contribution in [-0.4, -0.2) is 36.7 Å². The zero-order valence-corrected chi connectivity index (χ0v) is 16.4. The van der Waals surface area contributed by atoms with Crippen LogP contribution in [0, 0.1) is 18.6 Å². The number of amides is 1. The van der Waals surface area contributed by atoms with Crippen LogP contribution in [0.4, 0.5) is 8.78 Å². The van der Waals surface area contributed by atoms with Crippen LogP contribution in [0.3, 0.4) is 0 Å². The third kappa shape index (κ3) is 4.32. The molecule has 1 N–H and O–H groups in total. The molecule has 2 heterocycles. The smallest absolute Gasteiger partial charge is 0.260 e. The van der Waals surface area contributed by atoms with Gasteiger partial charge in [-0.2, -0.15) is 0 Å². The average Bonchev–Trinajstić information content (AvgIpc) is 2.72. The number of hydrogen-bond donors (Lipinski definition) is 1. The lowest BCUT2D eigenvalue weighted by Gasteiger charge is -2.30. The summed E-state index contributed by atoms with van der Waals surface area (Å²) in [5.74, 6) is -0.839. The summed E-state index contributed by atoms with van der Waals surface area (Å²) >= 11 is 0. The molecule has 2 aromatic carbocycles. The van der Waals surface area contributed by atoms with E-state index in [1.165, 1.54) is 23.8 Å². The Labute approximate surface area is 169 Å². The fourth-order valence-electron chi connectivity index (χ4n) is 3.89. The van der Waals surface area contributed by atoms with Crippen molar-refractivity contribution in [1.29, 1.82) is 0 Å². The van der Waals surface area contributed by atoms with Crippen molar-refractivity contribution in [2.75, 3.05) is 19.6 Å². The summed E-state index contributed by atoms with van der Waals surface area (Å²) in [5.41, 5.74) is 3.08. The summed E-state index contributed by atoms with van der Waals surface area (Å²) in [6.07, 6.45) is 4.19. The first kappa shape index (κ1) is 19.6. The molecule has 2 aromatic rings. The van der Waals surface area contributed by atoms with Gasteiger partial charge in [-0.3, -0.25) is 9.69 Å². The van der Waals surface area contributed by atoms with E-state index >= 15 is 0 Å². The van der Waals surface area contributed by atoms with Gasteiger partial charge in [-0.05, 0) is 61.2 Å². The van der Waals surface area contributed by atoms with E-state index in [-0.39, 0.29) is 11.4 Å². The number of nitrogens with zero attached hydrogens (tertiary/aromatic N) is 1. The summed E-state index contributed by atoms with van der Waals surface area (Å²) in [5, 5.41) is 2.75. The van der Waals surface area contributed by atoms with E-state index in [0.717, 1.165) is 43.6 Å². The molecule has 29 heavy (non-hydrogen) atoms. The molecule has 1 amide bonds. The van der Waals surface area contributed by atoms with Crippen LogP contribution in [0.15, 0.2) is 42.5 Å². The summed E-state index contributed by atoms with van der Waals surface area (Å²) < 4.78 is 32.9. The lowest BCUT2D eigenvalue weighted by Crippen LogP contribution is -2.44. The third-order valence-corrected chi connectivity index (χ3v) is 5.53. The number of carbonyl (C=O) groups excluding carboxylic acids is 1. The summed E-state index contributed by atoms with van der Waals surface area (Å²) in [6.45, 7) is 4.48. The number of carbonyl (C=O) groups is 1. The molecule has 0 fully saturated rings. The second-order valence-corrected chi connectivity index (χ2v) is 7.58. The van der Waals surface area contributed by atoms with E-state index in [1.54, 1.807) is 6.07 Å². The van der Waals surface area contributed by atoms with Crippen molar-refractivity contribution in [1.82, 2.24) is 10.2 Å². The lowest BCUT2D eigenvalue weighted by molar-refractivity contribution is 0.0718. The molecule has 0 bridgehead atoms. The first-order chi connectivity index (χ1) is 14.0. The van der Waals surface area contributed by atoms with Gasteiger partial charge in [0.2, 0.25) is 0 Å². The summed E-state index contributed by atoms with van der Waals surface area (Å²) in [7, 11) is 0. The highest BCUT2D eigenvalue weighted by Gasteiger charge is 2.29. The summed E-state index contributed by atoms with van der Waals surface area (Å²) in [4.78, 5) is 14.6. The van der Waals surface area contributed by atoms with Gasteiger partial charge in [0.25, 0.3) is 5.91 Å². The zero-order valence-electron chi connectivity index (χ0n) is 16.4. The molecule has 0 saturated carbocycles. The summed E-state index contributed by atoms with van der Waals surface area (Å²) in [6, 6.07) is 9.55. The first-order valence-electron chi connectivity index (χ1n) is 9.95. The molecule has 0 saturated heterocycles. The van der Waals surface area contributed by atoms with Crippen LogP contribution >= 0.6 is 0 Å². The fourth-order valence-corrected chi connectivity index (χ4v) is 3.89. The molecule has 4 rings (SSSR count). The van der Waals surface area contributed by atoms with E-state index in [4.69, 9.17) is 4.74 Å². The van der Waals surface area contributed by atoms with Crippen molar-refractivity contribution < 1.29 is 18.3 Å². The number of nitrogens with one attached hydrogen (secondary N) is 1. The van der Waals surface area contributed by atoms with Crippen LogP contribution in [0.25, 0.3) is 5.57 Å². The minimum absolute atomic E-state index is 0.00394. The standard InChI is InChI=1S/C23H24F2N2O2/c1-15-4-9-19(25)21-22(15)29-20(26-23(21)28)3-2-12-27-13-10-17(11-14-27)16-5-7-18(24)8-6-16/h4-10,20H,2-3,11-14H2,1H3,(H,26,28). The average molecular weight is 398 g/mol. The van der Waals surface area contributed by atoms with Crippen molar-refractivity contribution in [3.05, 3.63) is 70.8 Å². The Morgan fingerprint density at radius 1 is 1.17 bits per heavy atom. The van der Waals surface area contributed by atoms with E-state index < -0.39 is 18.0 Å². The van der Waals surface area contributed by atoms with Crippen molar-refractivity contribution in [3.8, 4) is 5.75 Å². The van der Waals surface area contributed by atoms with Crippen LogP contribution in [0.1, 0.15) is 40.7 Å². The van der Waals surface area contributed by atoms with Crippen LogP contribution in [0.5, 0.6) is 5.75 Å². The van der Waals surface area contributed by atoms with Gasteiger partial charge in [-0.25, -0.2) is 8.78 Å². The van der Waals surface area contributed by atoms with Gasteiger partial charge in [0.1, 0.15) is 22.9 Å². The molecular weight excluding hydrogens is 374 g/mol. The molecule has 0 radical (unpaired) electrons. The Kier molecular flexibility index (Phi) is 5.62. The highest BCUT2D eigenvalue weighted by atomic mass is 19.1. The predicted octanol–water partition coefficient (Wildman–Crippen LogP) is 4.29. The fraction of sp³-hybridized carbons (Fsp3) is 0.348. The van der Waals surface area contributed by atoms with Gasteiger partial charge in [0.05, 0.1) is 0 Å². The molecule has 0 spiro atoms. The molecule has 2 aliphatic heterocycles. The Balaban J connectivity index is 1.29. The van der Waals surface area contributed by atoms with Crippen molar-refractivity contribution in [3.63, 3.8) is 0 Å². The normalized spacial score (nSPS) is 19.2. The highest BCUT2D eigenvalue weighted by molar-refractivity contribution is 5.98. The largest absolute Gasteiger partial charge is 0.469 e. The number of fused-ring (bicyclic) bond motifs is 1. The molecule has 1 unspecified atom stereocenters. The minimum atomic E-state index is -0.557. The van der Waals surface area contributed by atoms with Gasteiger partial charge >= 0.3 is 0 Å². The van der Waals surface area contributed by atoms with Gasteiger partial charge in [0.15, 0.2) is 6.23 Å². The molecule has 0 aromatic heterocycles. The quantitative estimate of drug-likeness (QED) is 0.817. The molecule has 6 heteroatoms. The molecule has 0 aliphatic carbocycles. The molecule has 4 nitrogen and oxygen atoms in total. The third-order valence-electron chi connectivity index (χ3n) is 5.53. The highest BCUT2D eigenvalue weighted by Crippen LogP contribution is 2.30. The number of aryl methyl sites for hydroxylation is 1. The lowest BCUT2D eigenvalue weighted by atomic mass is 9.99. The maximum Gasteiger partial charge on any atom is 0.260 e. The number of benzene rings is 2.